The zero-order chi connectivity index (χ0) is 13.0. The molecule has 0 aliphatic heterocycles. The van der Waals surface area contributed by atoms with E-state index in [9.17, 15) is 5.11 Å². The van der Waals surface area contributed by atoms with Crippen LogP contribution in [0.2, 0.25) is 0 Å². The lowest BCUT2D eigenvalue weighted by atomic mass is 10.1. The van der Waals surface area contributed by atoms with Crippen LogP contribution in [0.3, 0.4) is 0 Å². The third-order valence-corrected chi connectivity index (χ3v) is 3.60. The molecule has 100 valence electrons. The van der Waals surface area contributed by atoms with Gasteiger partial charge in [-0.25, -0.2) is 0 Å². The van der Waals surface area contributed by atoms with Crippen molar-refractivity contribution in [2.75, 3.05) is 27.4 Å². The Bertz CT molecular complexity index is 402. The summed E-state index contributed by atoms with van der Waals surface area (Å²) in [6, 6.07) is 5.78. The van der Waals surface area contributed by atoms with Crippen molar-refractivity contribution in [1.29, 1.82) is 0 Å². The highest BCUT2D eigenvalue weighted by Gasteiger charge is 2.41. The van der Waals surface area contributed by atoms with Crippen molar-refractivity contribution < 1.29 is 14.6 Å². The van der Waals surface area contributed by atoms with Gasteiger partial charge >= 0.3 is 0 Å². The maximum Gasteiger partial charge on any atom is 0.123 e. The maximum atomic E-state index is 9.25. The molecule has 4 nitrogen and oxygen atoms in total. The first kappa shape index (κ1) is 13.2. The molecule has 2 rings (SSSR count). The van der Waals surface area contributed by atoms with E-state index in [1.807, 2.05) is 18.2 Å². The molecule has 1 fully saturated rings. The molecule has 0 saturated heterocycles. The van der Waals surface area contributed by atoms with Gasteiger partial charge in [-0.3, -0.25) is 0 Å². The summed E-state index contributed by atoms with van der Waals surface area (Å²) in [5, 5.41) is 12.6. The third kappa shape index (κ3) is 2.94. The number of ether oxygens (including phenoxy) is 2. The number of aliphatic hydroxyl groups excluding tert-OH is 1. The average molecular weight is 251 g/mol. The van der Waals surface area contributed by atoms with Gasteiger partial charge in [-0.05, 0) is 31.0 Å². The molecule has 2 N–H and O–H groups in total. The predicted octanol–water partition coefficient (Wildman–Crippen LogP) is 1.57. The van der Waals surface area contributed by atoms with Gasteiger partial charge in [0.1, 0.15) is 11.5 Å². The minimum Gasteiger partial charge on any atom is -0.497 e. The summed E-state index contributed by atoms with van der Waals surface area (Å²) in [6.07, 6.45) is 2.23. The lowest BCUT2D eigenvalue weighted by Gasteiger charge is -2.15. The fourth-order valence-electron chi connectivity index (χ4n) is 2.05. The molecule has 0 amide bonds. The summed E-state index contributed by atoms with van der Waals surface area (Å²) in [6.45, 7) is 1.85. The van der Waals surface area contributed by atoms with Gasteiger partial charge in [0.15, 0.2) is 0 Å². The molecule has 1 aliphatic carbocycles. The van der Waals surface area contributed by atoms with E-state index in [-0.39, 0.29) is 12.0 Å². The summed E-state index contributed by atoms with van der Waals surface area (Å²) < 4.78 is 10.5. The van der Waals surface area contributed by atoms with Crippen LogP contribution >= 0.6 is 0 Å². The van der Waals surface area contributed by atoms with Crippen molar-refractivity contribution in [3.8, 4) is 11.5 Å². The number of hydrogen-bond donors (Lipinski definition) is 2. The standard InChI is InChI=1S/C14H21NO3/c1-17-12-3-4-13(18-2)11(7-12)8-15-9-14(10-16)5-6-14/h3-4,7,15-16H,5-6,8-10H2,1-2H3. The number of rotatable bonds is 7. The van der Waals surface area contributed by atoms with Gasteiger partial charge in [-0.1, -0.05) is 0 Å². The first-order valence-corrected chi connectivity index (χ1v) is 6.25. The third-order valence-electron chi connectivity index (χ3n) is 3.60. The second-order valence-electron chi connectivity index (χ2n) is 4.94. The Labute approximate surface area is 108 Å². The highest BCUT2D eigenvalue weighted by molar-refractivity contribution is 5.40. The van der Waals surface area contributed by atoms with E-state index >= 15 is 0 Å². The molecule has 18 heavy (non-hydrogen) atoms. The Kier molecular flexibility index (Phi) is 4.09. The second kappa shape index (κ2) is 5.59. The van der Waals surface area contributed by atoms with E-state index in [1.165, 1.54) is 0 Å². The minimum absolute atomic E-state index is 0.131. The van der Waals surface area contributed by atoms with Crippen molar-refractivity contribution in [3.05, 3.63) is 23.8 Å². The molecule has 1 aromatic rings. The lowest BCUT2D eigenvalue weighted by molar-refractivity contribution is 0.207. The SMILES string of the molecule is COc1ccc(OC)c(CNCC2(CO)CC2)c1. The van der Waals surface area contributed by atoms with Crippen LogP contribution < -0.4 is 14.8 Å². The van der Waals surface area contributed by atoms with E-state index in [0.29, 0.717) is 0 Å². The molecular formula is C14H21NO3. The van der Waals surface area contributed by atoms with E-state index in [0.717, 1.165) is 43.0 Å². The van der Waals surface area contributed by atoms with Crippen molar-refractivity contribution >= 4 is 0 Å². The van der Waals surface area contributed by atoms with E-state index < -0.39 is 0 Å². The summed E-state index contributed by atoms with van der Waals surface area (Å²) >= 11 is 0. The molecule has 1 aliphatic rings. The number of methoxy groups -OCH3 is 2. The maximum absolute atomic E-state index is 9.25. The van der Waals surface area contributed by atoms with Gasteiger partial charge in [-0.2, -0.15) is 0 Å². The molecule has 0 spiro atoms. The van der Waals surface area contributed by atoms with E-state index in [1.54, 1.807) is 14.2 Å². The number of aliphatic hydroxyl groups is 1. The van der Waals surface area contributed by atoms with E-state index in [2.05, 4.69) is 5.32 Å². The van der Waals surface area contributed by atoms with Crippen molar-refractivity contribution in [2.45, 2.75) is 19.4 Å². The monoisotopic (exact) mass is 251 g/mol. The van der Waals surface area contributed by atoms with Crippen molar-refractivity contribution in [1.82, 2.24) is 5.32 Å². The van der Waals surface area contributed by atoms with Crippen LogP contribution in [0.4, 0.5) is 0 Å². The summed E-state index contributed by atoms with van der Waals surface area (Å²) in [7, 11) is 3.32. The Morgan fingerprint density at radius 3 is 2.61 bits per heavy atom. The van der Waals surface area contributed by atoms with Crippen LogP contribution in [0, 0.1) is 5.41 Å². The second-order valence-corrected chi connectivity index (χ2v) is 4.94. The van der Waals surface area contributed by atoms with Gasteiger partial charge in [0, 0.05) is 30.7 Å². The van der Waals surface area contributed by atoms with Gasteiger partial charge in [-0.15, -0.1) is 0 Å². The molecule has 0 radical (unpaired) electrons. The van der Waals surface area contributed by atoms with Gasteiger partial charge in [0.05, 0.1) is 14.2 Å². The van der Waals surface area contributed by atoms with Crippen LogP contribution in [0.5, 0.6) is 11.5 Å². The van der Waals surface area contributed by atoms with Crippen LogP contribution in [0.25, 0.3) is 0 Å². The number of nitrogens with one attached hydrogen (secondary N) is 1. The van der Waals surface area contributed by atoms with Crippen molar-refractivity contribution in [2.24, 2.45) is 5.41 Å². The number of hydrogen-bond acceptors (Lipinski definition) is 4. The normalized spacial score (nSPS) is 16.4. The first-order valence-electron chi connectivity index (χ1n) is 6.25. The lowest BCUT2D eigenvalue weighted by Crippen LogP contribution is -2.26. The number of benzene rings is 1. The molecule has 0 bridgehead atoms. The van der Waals surface area contributed by atoms with Crippen LogP contribution in [0.15, 0.2) is 18.2 Å². The Balaban J connectivity index is 1.94. The van der Waals surface area contributed by atoms with Crippen LogP contribution in [-0.2, 0) is 6.54 Å². The van der Waals surface area contributed by atoms with E-state index in [4.69, 9.17) is 9.47 Å². The molecule has 0 aromatic heterocycles. The fraction of sp³-hybridized carbons (Fsp3) is 0.571. The van der Waals surface area contributed by atoms with Crippen LogP contribution in [-0.4, -0.2) is 32.5 Å². The summed E-state index contributed by atoms with van der Waals surface area (Å²) in [4.78, 5) is 0. The highest BCUT2D eigenvalue weighted by Crippen LogP contribution is 2.44. The zero-order valence-corrected chi connectivity index (χ0v) is 11.0. The Morgan fingerprint density at radius 2 is 2.06 bits per heavy atom. The van der Waals surface area contributed by atoms with Gasteiger partial charge in [0.2, 0.25) is 0 Å². The minimum atomic E-state index is 0.131. The van der Waals surface area contributed by atoms with Gasteiger partial charge in [0.25, 0.3) is 0 Å². The average Bonchev–Trinajstić information content (AvgIpc) is 3.19. The molecule has 1 aromatic carbocycles. The van der Waals surface area contributed by atoms with Gasteiger partial charge < -0.3 is 19.9 Å². The molecule has 0 heterocycles. The van der Waals surface area contributed by atoms with Crippen LogP contribution in [0.1, 0.15) is 18.4 Å². The molecular weight excluding hydrogens is 230 g/mol. The predicted molar refractivity (Wildman–Crippen MR) is 70.0 cm³/mol. The first-order chi connectivity index (χ1) is 8.73. The quantitative estimate of drug-likeness (QED) is 0.772. The Morgan fingerprint density at radius 1 is 1.28 bits per heavy atom. The summed E-state index contributed by atoms with van der Waals surface area (Å²) in [5.74, 6) is 1.69. The molecule has 0 atom stereocenters. The largest absolute Gasteiger partial charge is 0.497 e. The smallest absolute Gasteiger partial charge is 0.123 e. The van der Waals surface area contributed by atoms with Crippen molar-refractivity contribution in [3.63, 3.8) is 0 Å². The topological polar surface area (TPSA) is 50.7 Å². The molecule has 1 saturated carbocycles. The molecule has 4 heteroatoms. The Hall–Kier alpha value is -1.26. The summed E-state index contributed by atoms with van der Waals surface area (Å²) in [5.41, 5.74) is 1.21. The fourth-order valence-corrected chi connectivity index (χ4v) is 2.05. The molecule has 0 unspecified atom stereocenters. The zero-order valence-electron chi connectivity index (χ0n) is 11.0. The highest BCUT2D eigenvalue weighted by atomic mass is 16.5.